The molecule has 1 amide bonds. The molecule has 0 radical (unpaired) electrons. The van der Waals surface area contributed by atoms with Crippen LogP contribution < -0.4 is 11.1 Å². The highest BCUT2D eigenvalue weighted by molar-refractivity contribution is 5.81. The molecule has 0 saturated carbocycles. The molecule has 1 aromatic carbocycles. The average Bonchev–Trinajstić information content (AvgIpc) is 3.08. The van der Waals surface area contributed by atoms with Crippen LogP contribution in [0, 0.1) is 11.3 Å². The van der Waals surface area contributed by atoms with Gasteiger partial charge in [0, 0.05) is 31.2 Å². The average molecular weight is 368 g/mol. The van der Waals surface area contributed by atoms with Crippen molar-refractivity contribution in [1.82, 2.24) is 10.2 Å². The molecule has 2 heterocycles. The van der Waals surface area contributed by atoms with Crippen molar-refractivity contribution in [2.45, 2.75) is 36.9 Å². The molecule has 26 heavy (non-hydrogen) atoms. The topological polar surface area (TPSA) is 91.4 Å². The second kappa shape index (κ2) is 6.87. The highest BCUT2D eigenvalue weighted by atomic mass is 19.4. The zero-order valence-corrected chi connectivity index (χ0v) is 13.9. The number of alkyl halides is 3. The van der Waals surface area contributed by atoms with Crippen molar-refractivity contribution < 1.29 is 22.7 Å². The molecular formula is C17H19F3N4O2. The summed E-state index contributed by atoms with van der Waals surface area (Å²) in [4.78, 5) is 14.1. The van der Waals surface area contributed by atoms with Crippen LogP contribution >= 0.6 is 0 Å². The van der Waals surface area contributed by atoms with Gasteiger partial charge >= 0.3 is 6.18 Å². The summed E-state index contributed by atoms with van der Waals surface area (Å²) >= 11 is 0. The summed E-state index contributed by atoms with van der Waals surface area (Å²) < 4.78 is 47.0. The summed E-state index contributed by atoms with van der Waals surface area (Å²) in [5.74, 6) is -0.495. The monoisotopic (exact) mass is 368 g/mol. The number of carbonyl (C=O) groups is 1. The minimum absolute atomic E-state index is 0.00144. The van der Waals surface area contributed by atoms with E-state index in [0.717, 1.165) is 0 Å². The number of ether oxygens (including phenoxy) is 1. The molecule has 140 valence electrons. The van der Waals surface area contributed by atoms with Gasteiger partial charge in [-0.05, 0) is 18.9 Å². The molecule has 2 aliphatic heterocycles. The fourth-order valence-corrected chi connectivity index (χ4v) is 3.36. The maximum absolute atomic E-state index is 13.9. The number of nitrogens with two attached hydrogens (primary N) is 1. The van der Waals surface area contributed by atoms with Crippen molar-refractivity contribution in [1.29, 1.82) is 5.26 Å². The van der Waals surface area contributed by atoms with Gasteiger partial charge in [-0.3, -0.25) is 10.1 Å². The van der Waals surface area contributed by atoms with Crippen LogP contribution in [0.1, 0.15) is 24.0 Å². The van der Waals surface area contributed by atoms with Crippen molar-refractivity contribution >= 4 is 5.91 Å². The van der Waals surface area contributed by atoms with Crippen molar-refractivity contribution in [3.05, 3.63) is 35.4 Å². The maximum atomic E-state index is 13.9. The van der Waals surface area contributed by atoms with E-state index < -0.39 is 23.9 Å². The van der Waals surface area contributed by atoms with Crippen molar-refractivity contribution in [2.24, 2.45) is 5.73 Å². The highest BCUT2D eigenvalue weighted by Crippen LogP contribution is 2.44. The van der Waals surface area contributed by atoms with E-state index in [4.69, 9.17) is 10.5 Å². The number of rotatable bonds is 2. The minimum Gasteiger partial charge on any atom is -0.340 e. The predicted octanol–water partition coefficient (Wildman–Crippen LogP) is 1.21. The Bertz CT molecular complexity index is 725. The predicted molar refractivity (Wildman–Crippen MR) is 85.6 cm³/mol. The van der Waals surface area contributed by atoms with Crippen LogP contribution in [0.25, 0.3) is 0 Å². The molecule has 2 atom stereocenters. The molecule has 2 saturated heterocycles. The first-order valence-electron chi connectivity index (χ1n) is 8.32. The lowest BCUT2D eigenvalue weighted by Gasteiger charge is -2.34. The zero-order valence-electron chi connectivity index (χ0n) is 13.9. The third-order valence-corrected chi connectivity index (χ3v) is 4.81. The third kappa shape index (κ3) is 3.16. The third-order valence-electron chi connectivity index (χ3n) is 4.81. The van der Waals surface area contributed by atoms with Gasteiger partial charge in [-0.1, -0.05) is 18.2 Å². The number of nitrogens with zero attached hydrogens (tertiary/aromatic N) is 2. The molecule has 1 aromatic rings. The first-order chi connectivity index (χ1) is 12.3. The minimum atomic E-state index is -4.85. The van der Waals surface area contributed by atoms with E-state index in [1.54, 1.807) is 6.07 Å². The second-order valence-electron chi connectivity index (χ2n) is 6.49. The van der Waals surface area contributed by atoms with Gasteiger partial charge in [0.1, 0.15) is 0 Å². The van der Waals surface area contributed by atoms with Crippen LogP contribution in [-0.2, 0) is 15.3 Å². The largest absolute Gasteiger partial charge is 0.435 e. The summed E-state index contributed by atoms with van der Waals surface area (Å²) in [7, 11) is 0. The van der Waals surface area contributed by atoms with Crippen LogP contribution in [0.5, 0.6) is 0 Å². The lowest BCUT2D eigenvalue weighted by Crippen LogP contribution is -2.52. The number of nitrogens with one attached hydrogen (secondary N) is 1. The van der Waals surface area contributed by atoms with Crippen LogP contribution in [0.2, 0.25) is 0 Å². The van der Waals surface area contributed by atoms with Crippen molar-refractivity contribution in [2.75, 3.05) is 19.6 Å². The molecule has 6 nitrogen and oxygen atoms in total. The van der Waals surface area contributed by atoms with Crippen LogP contribution in [0.4, 0.5) is 13.2 Å². The summed E-state index contributed by atoms with van der Waals surface area (Å²) in [5, 5.41) is 11.5. The van der Waals surface area contributed by atoms with Crippen LogP contribution in [0.15, 0.2) is 24.3 Å². The molecule has 3 rings (SSSR count). The summed E-state index contributed by atoms with van der Waals surface area (Å²) in [6.07, 6.45) is -4.92. The standard InChI is InChI=1S/C17H19F3N4O2/c18-17(19,20)16(13-4-2-1-3-11(13)9-21)23-10-14(26-16)15(25)24-7-5-12(22)6-8-24/h1-4,12,14,23H,5-8,10,22H2/t14-,16+/m0/s1. The molecule has 2 aliphatic rings. The Morgan fingerprint density at radius 3 is 2.62 bits per heavy atom. The highest BCUT2D eigenvalue weighted by Gasteiger charge is 2.63. The van der Waals surface area contributed by atoms with Gasteiger partial charge < -0.3 is 15.4 Å². The Balaban J connectivity index is 1.88. The van der Waals surface area contributed by atoms with E-state index >= 15 is 0 Å². The number of hydrogen-bond acceptors (Lipinski definition) is 5. The lowest BCUT2D eigenvalue weighted by molar-refractivity contribution is -0.285. The van der Waals surface area contributed by atoms with Crippen LogP contribution in [-0.4, -0.2) is 48.8 Å². The Labute approximate surface area is 148 Å². The van der Waals surface area contributed by atoms with Gasteiger partial charge in [0.25, 0.3) is 5.91 Å². The Morgan fingerprint density at radius 1 is 1.35 bits per heavy atom. The molecule has 0 aliphatic carbocycles. The van der Waals surface area contributed by atoms with Crippen molar-refractivity contribution in [3.63, 3.8) is 0 Å². The van der Waals surface area contributed by atoms with E-state index in [9.17, 15) is 23.2 Å². The molecule has 0 aromatic heterocycles. The van der Waals surface area contributed by atoms with Crippen molar-refractivity contribution in [3.8, 4) is 6.07 Å². The van der Waals surface area contributed by atoms with Gasteiger partial charge in [-0.15, -0.1) is 0 Å². The molecule has 0 bridgehead atoms. The number of carbonyl (C=O) groups excluding carboxylic acids is 1. The summed E-state index contributed by atoms with van der Waals surface area (Å²) in [6, 6.07) is 7.10. The number of amides is 1. The van der Waals surface area contributed by atoms with E-state index in [1.807, 2.05) is 0 Å². The number of benzene rings is 1. The summed E-state index contributed by atoms with van der Waals surface area (Å²) in [5.41, 5.74) is 2.41. The van der Waals surface area contributed by atoms with Gasteiger partial charge in [0.15, 0.2) is 6.10 Å². The van der Waals surface area contributed by atoms with E-state index in [-0.39, 0.29) is 23.7 Å². The quantitative estimate of drug-likeness (QED) is 0.819. The Morgan fingerprint density at radius 2 is 2.00 bits per heavy atom. The van der Waals surface area contributed by atoms with Gasteiger partial charge in [0.2, 0.25) is 5.72 Å². The second-order valence-corrected chi connectivity index (χ2v) is 6.49. The molecule has 3 N–H and O–H groups in total. The fraction of sp³-hybridized carbons (Fsp3) is 0.529. The van der Waals surface area contributed by atoms with Gasteiger partial charge in [0.05, 0.1) is 11.6 Å². The molecule has 0 unspecified atom stereocenters. The molecule has 0 spiro atoms. The SMILES string of the molecule is N#Cc1ccccc1[C@@]1(C(F)(F)F)NC[C@@H](C(=O)N2CCC(N)CC2)O1. The number of likely N-dealkylation sites (tertiary alicyclic amines) is 1. The van der Waals surface area contributed by atoms with Gasteiger partial charge in [-0.25, -0.2) is 0 Å². The normalized spacial score (nSPS) is 27.3. The zero-order chi connectivity index (χ0) is 18.9. The lowest BCUT2D eigenvalue weighted by atomic mass is 9.97. The number of hydrogen-bond donors (Lipinski definition) is 2. The first-order valence-corrected chi connectivity index (χ1v) is 8.32. The number of piperidine rings is 1. The first kappa shape index (κ1) is 18.6. The van der Waals surface area contributed by atoms with E-state index in [0.29, 0.717) is 25.9 Å². The maximum Gasteiger partial charge on any atom is 0.435 e. The van der Waals surface area contributed by atoms with Crippen LogP contribution in [0.3, 0.4) is 0 Å². The smallest absolute Gasteiger partial charge is 0.340 e. The van der Waals surface area contributed by atoms with Gasteiger partial charge in [-0.2, -0.15) is 18.4 Å². The fourth-order valence-electron chi connectivity index (χ4n) is 3.36. The number of nitriles is 1. The Hall–Kier alpha value is -2.15. The molecule has 2 fully saturated rings. The molecular weight excluding hydrogens is 349 g/mol. The molecule has 9 heteroatoms. The van der Waals surface area contributed by atoms with E-state index in [1.165, 1.54) is 29.2 Å². The van der Waals surface area contributed by atoms with E-state index in [2.05, 4.69) is 5.32 Å². The number of halogens is 3. The summed E-state index contributed by atoms with van der Waals surface area (Å²) in [6.45, 7) is 0.502. The Kier molecular flexibility index (Phi) is 4.92.